The Morgan fingerprint density at radius 2 is 1.83 bits per heavy atom. The molecule has 0 aliphatic rings. The molecule has 98 valence electrons. The molecule has 0 radical (unpaired) electrons. The lowest BCUT2D eigenvalue weighted by molar-refractivity contribution is -0.131. The van der Waals surface area contributed by atoms with Crippen LogP contribution >= 0.6 is 0 Å². The molecule has 4 nitrogen and oxygen atoms in total. The van der Waals surface area contributed by atoms with E-state index in [-0.39, 0.29) is 11.9 Å². The van der Waals surface area contributed by atoms with Gasteiger partial charge in [0, 0.05) is 6.92 Å². The molecular formula is C14H18O4. The summed E-state index contributed by atoms with van der Waals surface area (Å²) in [5.74, 6) is 0.0296. The molecule has 0 N–H and O–H groups in total. The van der Waals surface area contributed by atoms with E-state index in [0.717, 1.165) is 6.42 Å². The quantitative estimate of drug-likeness (QED) is 0.595. The van der Waals surface area contributed by atoms with E-state index in [4.69, 9.17) is 9.47 Å². The first-order chi connectivity index (χ1) is 8.52. The SMILES string of the molecule is CCC(C)COC(=O)c1ccc(OC(C)=O)cc1. The van der Waals surface area contributed by atoms with Gasteiger partial charge in [-0.2, -0.15) is 0 Å². The van der Waals surface area contributed by atoms with Gasteiger partial charge in [-0.25, -0.2) is 4.79 Å². The minimum atomic E-state index is -0.387. The highest BCUT2D eigenvalue weighted by atomic mass is 16.5. The molecule has 1 aromatic rings. The summed E-state index contributed by atoms with van der Waals surface area (Å²) in [6, 6.07) is 6.30. The summed E-state index contributed by atoms with van der Waals surface area (Å²) < 4.78 is 10.0. The number of hydrogen-bond donors (Lipinski definition) is 0. The van der Waals surface area contributed by atoms with Crippen LogP contribution in [0.15, 0.2) is 24.3 Å². The van der Waals surface area contributed by atoms with Crippen LogP contribution in [0.4, 0.5) is 0 Å². The van der Waals surface area contributed by atoms with Gasteiger partial charge in [-0.05, 0) is 30.2 Å². The maximum Gasteiger partial charge on any atom is 0.338 e. The van der Waals surface area contributed by atoms with Crippen molar-refractivity contribution in [3.63, 3.8) is 0 Å². The molecule has 0 aliphatic carbocycles. The lowest BCUT2D eigenvalue weighted by atomic mass is 10.1. The summed E-state index contributed by atoms with van der Waals surface area (Å²) in [6.07, 6.45) is 0.971. The third-order valence-electron chi connectivity index (χ3n) is 2.55. The van der Waals surface area contributed by atoms with Crippen LogP contribution in [0.5, 0.6) is 5.75 Å². The van der Waals surface area contributed by atoms with Crippen molar-refractivity contribution in [1.82, 2.24) is 0 Å². The number of rotatable bonds is 5. The van der Waals surface area contributed by atoms with Crippen molar-refractivity contribution in [1.29, 1.82) is 0 Å². The molecule has 1 atom stereocenters. The molecule has 0 bridgehead atoms. The molecule has 1 unspecified atom stereocenters. The van der Waals surface area contributed by atoms with Gasteiger partial charge < -0.3 is 9.47 Å². The van der Waals surface area contributed by atoms with Crippen LogP contribution in [0.3, 0.4) is 0 Å². The minimum absolute atomic E-state index is 0.356. The van der Waals surface area contributed by atoms with Gasteiger partial charge in [0.15, 0.2) is 0 Å². The van der Waals surface area contributed by atoms with Gasteiger partial charge in [-0.3, -0.25) is 4.79 Å². The maximum absolute atomic E-state index is 11.7. The number of ether oxygens (including phenoxy) is 2. The maximum atomic E-state index is 11.7. The van der Waals surface area contributed by atoms with Crippen LogP contribution in [-0.4, -0.2) is 18.5 Å². The van der Waals surface area contributed by atoms with Gasteiger partial charge in [0.05, 0.1) is 12.2 Å². The molecular weight excluding hydrogens is 232 g/mol. The summed E-state index contributed by atoms with van der Waals surface area (Å²) in [6.45, 7) is 5.82. The normalized spacial score (nSPS) is 11.7. The Bertz CT molecular complexity index is 408. The summed E-state index contributed by atoms with van der Waals surface area (Å²) >= 11 is 0. The van der Waals surface area contributed by atoms with Crippen molar-refractivity contribution < 1.29 is 19.1 Å². The van der Waals surface area contributed by atoms with E-state index in [1.807, 2.05) is 13.8 Å². The molecule has 0 aromatic heterocycles. The fourth-order valence-corrected chi connectivity index (χ4v) is 1.24. The Balaban J connectivity index is 2.56. The third-order valence-corrected chi connectivity index (χ3v) is 2.55. The van der Waals surface area contributed by atoms with E-state index in [1.54, 1.807) is 24.3 Å². The van der Waals surface area contributed by atoms with Gasteiger partial charge in [-0.1, -0.05) is 20.3 Å². The number of esters is 2. The molecule has 0 spiro atoms. The standard InChI is InChI=1S/C14H18O4/c1-4-10(2)9-17-14(16)12-5-7-13(8-6-12)18-11(3)15/h5-8,10H,4,9H2,1-3H3. The largest absolute Gasteiger partial charge is 0.462 e. The highest BCUT2D eigenvalue weighted by molar-refractivity contribution is 5.89. The highest BCUT2D eigenvalue weighted by Crippen LogP contribution is 2.13. The number of carbonyl (C=O) groups excluding carboxylic acids is 2. The van der Waals surface area contributed by atoms with Crippen LogP contribution in [0.25, 0.3) is 0 Å². The molecule has 4 heteroatoms. The van der Waals surface area contributed by atoms with Crippen LogP contribution < -0.4 is 4.74 Å². The average Bonchev–Trinajstić information content (AvgIpc) is 2.35. The predicted molar refractivity (Wildman–Crippen MR) is 67.5 cm³/mol. The van der Waals surface area contributed by atoms with Gasteiger partial charge >= 0.3 is 11.9 Å². The Labute approximate surface area is 107 Å². The zero-order valence-electron chi connectivity index (χ0n) is 10.9. The molecule has 0 fully saturated rings. The van der Waals surface area contributed by atoms with Crippen LogP contribution in [0.2, 0.25) is 0 Å². The predicted octanol–water partition coefficient (Wildman–Crippen LogP) is 2.81. The second-order valence-electron chi connectivity index (χ2n) is 4.23. The van der Waals surface area contributed by atoms with Gasteiger partial charge in [0.25, 0.3) is 0 Å². The van der Waals surface area contributed by atoms with E-state index < -0.39 is 0 Å². The van der Waals surface area contributed by atoms with Crippen molar-refractivity contribution in [2.24, 2.45) is 5.92 Å². The van der Waals surface area contributed by atoms with E-state index in [1.165, 1.54) is 6.92 Å². The summed E-state index contributed by atoms with van der Waals surface area (Å²) in [4.78, 5) is 22.4. The van der Waals surface area contributed by atoms with Crippen molar-refractivity contribution in [3.05, 3.63) is 29.8 Å². The van der Waals surface area contributed by atoms with Gasteiger partial charge in [0.1, 0.15) is 5.75 Å². The second-order valence-corrected chi connectivity index (χ2v) is 4.23. The fraction of sp³-hybridized carbons (Fsp3) is 0.429. The second kappa shape index (κ2) is 6.79. The summed E-state index contributed by atoms with van der Waals surface area (Å²) in [5.41, 5.74) is 0.453. The van der Waals surface area contributed by atoms with Gasteiger partial charge in [-0.15, -0.1) is 0 Å². The molecule has 18 heavy (non-hydrogen) atoms. The zero-order chi connectivity index (χ0) is 13.5. The smallest absolute Gasteiger partial charge is 0.338 e. The van der Waals surface area contributed by atoms with E-state index >= 15 is 0 Å². The zero-order valence-corrected chi connectivity index (χ0v) is 10.9. The molecule has 1 rings (SSSR count). The first-order valence-corrected chi connectivity index (χ1v) is 5.98. The number of carbonyl (C=O) groups is 2. The van der Waals surface area contributed by atoms with E-state index in [9.17, 15) is 9.59 Å². The summed E-state index contributed by atoms with van der Waals surface area (Å²) in [7, 11) is 0. The summed E-state index contributed by atoms with van der Waals surface area (Å²) in [5, 5.41) is 0. The number of hydrogen-bond acceptors (Lipinski definition) is 4. The van der Waals surface area contributed by atoms with Gasteiger partial charge in [0.2, 0.25) is 0 Å². The molecule has 0 aliphatic heterocycles. The lowest BCUT2D eigenvalue weighted by Crippen LogP contribution is -2.11. The van der Waals surface area contributed by atoms with E-state index in [2.05, 4.69) is 0 Å². The molecule has 0 amide bonds. The first kappa shape index (κ1) is 14.2. The Kier molecular flexibility index (Phi) is 5.36. The van der Waals surface area contributed by atoms with Crippen molar-refractivity contribution >= 4 is 11.9 Å². The van der Waals surface area contributed by atoms with Crippen LogP contribution in [0, 0.1) is 5.92 Å². The van der Waals surface area contributed by atoms with Crippen molar-refractivity contribution in [3.8, 4) is 5.75 Å². The van der Waals surface area contributed by atoms with Crippen LogP contribution in [-0.2, 0) is 9.53 Å². The molecule has 1 aromatic carbocycles. The third kappa shape index (κ3) is 4.57. The van der Waals surface area contributed by atoms with Crippen LogP contribution in [0.1, 0.15) is 37.6 Å². The monoisotopic (exact) mass is 250 g/mol. The average molecular weight is 250 g/mol. The molecule has 0 saturated heterocycles. The highest BCUT2D eigenvalue weighted by Gasteiger charge is 2.09. The molecule has 0 heterocycles. The lowest BCUT2D eigenvalue weighted by Gasteiger charge is -2.09. The van der Waals surface area contributed by atoms with Crippen molar-refractivity contribution in [2.45, 2.75) is 27.2 Å². The Morgan fingerprint density at radius 1 is 1.22 bits per heavy atom. The topological polar surface area (TPSA) is 52.6 Å². The Morgan fingerprint density at radius 3 is 2.33 bits per heavy atom. The fourth-order valence-electron chi connectivity index (χ4n) is 1.24. The van der Waals surface area contributed by atoms with E-state index in [0.29, 0.717) is 23.8 Å². The minimum Gasteiger partial charge on any atom is -0.462 e. The number of benzene rings is 1. The Hall–Kier alpha value is -1.84. The molecule has 0 saturated carbocycles. The first-order valence-electron chi connectivity index (χ1n) is 5.98. The van der Waals surface area contributed by atoms with Crippen molar-refractivity contribution in [2.75, 3.05) is 6.61 Å².